The van der Waals surface area contributed by atoms with E-state index in [-0.39, 0.29) is 14.5 Å². The molecule has 3 aromatic heterocycles. The molecule has 0 atom stereocenters. The zero-order valence-corrected chi connectivity index (χ0v) is 42.0. The predicted octanol–water partition coefficient (Wildman–Crippen LogP) is 20.4. The monoisotopic (exact) mass is 1020 g/mol. The molecule has 0 aliphatic heterocycles. The van der Waals surface area contributed by atoms with Gasteiger partial charge in [-0.2, -0.15) is 0 Å². The van der Waals surface area contributed by atoms with Crippen LogP contribution in [0.1, 0.15) is 0 Å². The van der Waals surface area contributed by atoms with E-state index in [4.69, 9.17) is 8.83 Å². The van der Waals surface area contributed by atoms with Gasteiger partial charge in [0.25, 0.3) is 0 Å². The molecule has 75 heavy (non-hydrogen) atoms. The van der Waals surface area contributed by atoms with Crippen molar-refractivity contribution in [3.05, 3.63) is 243 Å². The number of hydrogen-bond acceptors (Lipinski definition) is 2. The van der Waals surface area contributed by atoms with E-state index in [9.17, 15) is 0 Å². The van der Waals surface area contributed by atoms with Crippen molar-refractivity contribution < 1.29 is 8.83 Å². The molecule has 0 radical (unpaired) electrons. The van der Waals surface area contributed by atoms with Crippen molar-refractivity contribution in [1.82, 2.24) is 0 Å². The van der Waals surface area contributed by atoms with Crippen LogP contribution in [0.25, 0.3) is 172 Å². The van der Waals surface area contributed by atoms with Crippen LogP contribution in [0.3, 0.4) is 0 Å². The van der Waals surface area contributed by atoms with Gasteiger partial charge in [0.2, 0.25) is 0 Å². The van der Waals surface area contributed by atoms with Crippen molar-refractivity contribution in [1.29, 1.82) is 0 Å². The summed E-state index contributed by atoms with van der Waals surface area (Å²) in [6.45, 7) is 0. The Morgan fingerprint density at radius 2 is 0.600 bits per heavy atom. The molecule has 0 fully saturated rings. The second-order valence-corrected chi connectivity index (χ2v) is 22.4. The molecular weight excluding hydrogens is 976 g/mol. The summed E-state index contributed by atoms with van der Waals surface area (Å²) in [4.78, 5) is 0. The summed E-state index contributed by atoms with van der Waals surface area (Å²) in [5, 5.41) is 22.0. The third-order valence-electron chi connectivity index (χ3n) is 16.2. The molecule has 0 unspecified atom stereocenters. The third kappa shape index (κ3) is 5.97. The van der Waals surface area contributed by atoms with Gasteiger partial charge < -0.3 is 0 Å². The minimum atomic E-state index is 0.0509. The summed E-state index contributed by atoms with van der Waals surface area (Å²) >= 11 is 0.0509. The number of furan rings is 2. The first-order valence-electron chi connectivity index (χ1n) is 25.7. The molecule has 14 aromatic carbocycles. The van der Waals surface area contributed by atoms with Crippen LogP contribution in [0, 0.1) is 0 Å². The van der Waals surface area contributed by atoms with Crippen LogP contribution in [-0.4, -0.2) is 14.5 Å². The van der Waals surface area contributed by atoms with E-state index in [0.29, 0.717) is 0 Å². The van der Waals surface area contributed by atoms with E-state index in [1.54, 1.807) is 0 Å². The molecule has 2 nitrogen and oxygen atoms in total. The molecule has 0 amide bonds. The summed E-state index contributed by atoms with van der Waals surface area (Å²) < 4.78 is 15.9. The Labute approximate surface area is 435 Å². The van der Waals surface area contributed by atoms with Crippen molar-refractivity contribution >= 4 is 142 Å². The zero-order valence-electron chi connectivity index (χ0n) is 40.3. The Morgan fingerprint density at radius 1 is 0.240 bits per heavy atom. The Hall–Kier alpha value is -9.24. The van der Waals surface area contributed by atoms with E-state index >= 15 is 0 Å². The predicted molar refractivity (Wildman–Crippen MR) is 320 cm³/mol. The first kappa shape index (κ1) is 41.3. The van der Waals surface area contributed by atoms with E-state index in [2.05, 4.69) is 243 Å². The van der Waals surface area contributed by atoms with E-state index in [0.717, 1.165) is 43.9 Å². The van der Waals surface area contributed by atoms with Crippen LogP contribution in [0.2, 0.25) is 0 Å². The standard InChI is InChI=1S/C72H40O2Se/c1-3-17-43-39-64-60(35-41(43)15-1)58-37-45(31-33-62(58)73-64)67-47-19-5-9-23-51(47)69(52-24-10-6-20-48(52)67)55-27-14-30-66-71(55)57-29-13-28-56(72(57)75-66)70-53-25-11-7-21-49(53)68(50-22-8-12-26-54(50)70)46-32-34-63-59(38-46)61-36-42-16-2-4-18-44(42)40-65(61)74-63/h1-40H. The molecule has 0 bridgehead atoms. The second kappa shape index (κ2) is 15.6. The molecule has 0 aliphatic carbocycles. The van der Waals surface area contributed by atoms with E-state index in [1.807, 2.05) is 0 Å². The van der Waals surface area contributed by atoms with Gasteiger partial charge in [-0.1, -0.05) is 48.5 Å². The molecule has 346 valence electrons. The summed E-state index contributed by atoms with van der Waals surface area (Å²) in [5.74, 6) is 0. The minimum absolute atomic E-state index is 0.0509. The van der Waals surface area contributed by atoms with Crippen LogP contribution in [-0.2, 0) is 0 Å². The number of hydrogen-bond donors (Lipinski definition) is 0. The van der Waals surface area contributed by atoms with Gasteiger partial charge in [0.15, 0.2) is 0 Å². The number of rotatable bonds is 4. The van der Waals surface area contributed by atoms with Gasteiger partial charge in [-0.15, -0.1) is 0 Å². The average Bonchev–Trinajstić information content (AvgIpc) is 4.19. The van der Waals surface area contributed by atoms with Gasteiger partial charge in [-0.25, -0.2) is 0 Å². The van der Waals surface area contributed by atoms with Crippen LogP contribution in [0.15, 0.2) is 251 Å². The third-order valence-corrected chi connectivity index (χ3v) is 18.7. The van der Waals surface area contributed by atoms with Crippen LogP contribution in [0.5, 0.6) is 0 Å². The molecule has 0 saturated carbocycles. The molecule has 3 heterocycles. The first-order chi connectivity index (χ1) is 37.2. The van der Waals surface area contributed by atoms with Crippen molar-refractivity contribution in [2.75, 3.05) is 0 Å². The SMILES string of the molecule is c1ccc2cc3c(cc2c1)oc1ccc(-c2c4ccccc4c(-c4cccc5c4[se]c4cccc(-c6c7ccccc7c(-c7ccc8oc9cc%10ccccc%10cc9c8c7)c7ccccc67)c45)c4ccccc24)cc13. The molecule has 3 heteroatoms. The maximum atomic E-state index is 6.51. The summed E-state index contributed by atoms with van der Waals surface area (Å²) in [5.41, 5.74) is 13.7. The summed E-state index contributed by atoms with van der Waals surface area (Å²) in [6.07, 6.45) is 0. The molecule has 0 saturated heterocycles. The fraction of sp³-hybridized carbons (Fsp3) is 0. The second-order valence-electron chi connectivity index (χ2n) is 20.2. The van der Waals surface area contributed by atoms with Crippen molar-refractivity contribution in [3.8, 4) is 44.5 Å². The maximum absolute atomic E-state index is 6.51. The molecular formula is C72H40O2Se. The number of benzene rings is 14. The topological polar surface area (TPSA) is 26.3 Å². The van der Waals surface area contributed by atoms with Gasteiger partial charge in [0, 0.05) is 0 Å². The molecule has 17 rings (SSSR count). The molecule has 17 aromatic rings. The zero-order chi connectivity index (χ0) is 48.9. The van der Waals surface area contributed by atoms with Crippen molar-refractivity contribution in [3.63, 3.8) is 0 Å². The quantitative estimate of drug-likeness (QED) is 0.130. The Morgan fingerprint density at radius 3 is 1.07 bits per heavy atom. The van der Waals surface area contributed by atoms with Gasteiger partial charge in [-0.05, 0) is 22.2 Å². The van der Waals surface area contributed by atoms with Gasteiger partial charge in [0.1, 0.15) is 0 Å². The first-order valence-corrected chi connectivity index (χ1v) is 27.4. The van der Waals surface area contributed by atoms with E-state index < -0.39 is 0 Å². The summed E-state index contributed by atoms with van der Waals surface area (Å²) in [6, 6.07) is 89.9. The van der Waals surface area contributed by atoms with Crippen molar-refractivity contribution in [2.45, 2.75) is 0 Å². The fourth-order valence-electron chi connectivity index (χ4n) is 12.9. The Balaban J connectivity index is 0.877. The fourth-order valence-corrected chi connectivity index (χ4v) is 15.6. The van der Waals surface area contributed by atoms with Gasteiger partial charge in [0.05, 0.1) is 0 Å². The normalized spacial score (nSPS) is 12.3. The Kier molecular flexibility index (Phi) is 8.60. The van der Waals surface area contributed by atoms with Gasteiger partial charge in [-0.3, -0.25) is 0 Å². The van der Waals surface area contributed by atoms with Crippen molar-refractivity contribution in [2.24, 2.45) is 0 Å². The molecule has 0 spiro atoms. The van der Waals surface area contributed by atoms with Gasteiger partial charge >= 0.3 is 368 Å². The van der Waals surface area contributed by atoms with Crippen LogP contribution < -0.4 is 0 Å². The average molecular weight is 1020 g/mol. The Bertz CT molecular complexity index is 5200. The van der Waals surface area contributed by atoms with Crippen LogP contribution in [0.4, 0.5) is 0 Å². The molecule has 0 N–H and O–H groups in total. The molecule has 0 aliphatic rings. The number of fused-ring (bicyclic) bond motifs is 15. The van der Waals surface area contributed by atoms with Crippen LogP contribution >= 0.6 is 0 Å². The summed E-state index contributed by atoms with van der Waals surface area (Å²) in [7, 11) is 0. The van der Waals surface area contributed by atoms with E-state index in [1.165, 1.54) is 128 Å².